The third kappa shape index (κ3) is 20.0. The highest BCUT2D eigenvalue weighted by Gasteiger charge is 2.42. The molecule has 13 N–H and O–H groups in total. The van der Waals surface area contributed by atoms with Gasteiger partial charge in [0.05, 0.1) is 6.54 Å². The fraction of sp³-hybridized carbons (Fsp3) is 0.471. The van der Waals surface area contributed by atoms with Gasteiger partial charge in [0.1, 0.15) is 59.9 Å². The third-order valence-corrected chi connectivity index (χ3v) is 19.2. The zero-order valence-corrected chi connectivity index (χ0v) is 55.2. The van der Waals surface area contributed by atoms with Crippen LogP contribution in [0.25, 0.3) is 10.9 Å². The van der Waals surface area contributed by atoms with Crippen LogP contribution in [0.1, 0.15) is 112 Å². The number of aromatic hydroxyl groups is 1. The minimum atomic E-state index is -1.44. The maximum atomic E-state index is 15.2. The van der Waals surface area contributed by atoms with E-state index in [4.69, 9.17) is 11.5 Å². The van der Waals surface area contributed by atoms with Crippen molar-refractivity contribution in [2.24, 2.45) is 11.5 Å². The number of rotatable bonds is 11. The smallest absolute Gasteiger partial charge is 0.246 e. The molecule has 2 bridgehead atoms. The van der Waals surface area contributed by atoms with Crippen molar-refractivity contribution in [1.29, 1.82) is 0 Å². The number of amides is 10. The summed E-state index contributed by atoms with van der Waals surface area (Å²) in [6, 6.07) is 15.7. The number of carbonyl (C=O) groups excluding carboxylic acids is 10. The van der Waals surface area contributed by atoms with Crippen LogP contribution >= 0.6 is 23.5 Å². The lowest BCUT2D eigenvalue weighted by Gasteiger charge is -2.31. The van der Waals surface area contributed by atoms with Gasteiger partial charge in [-0.15, -0.1) is 0 Å². The minimum absolute atomic E-state index is 0.0325. The van der Waals surface area contributed by atoms with Crippen molar-refractivity contribution >= 4 is 93.5 Å². The summed E-state index contributed by atoms with van der Waals surface area (Å²) in [5, 5.41) is 29.9. The Kier molecular flexibility index (Phi) is 25.5. The van der Waals surface area contributed by atoms with E-state index >= 15 is 9.59 Å². The molecule has 8 rings (SSSR count). The number of thioether (sulfide) groups is 2. The average Bonchev–Trinajstić information content (AvgIpc) is 2.06. The van der Waals surface area contributed by atoms with Crippen molar-refractivity contribution in [1.82, 2.24) is 52.0 Å². The summed E-state index contributed by atoms with van der Waals surface area (Å²) < 4.78 is 14.8. The Labute approximate surface area is 555 Å². The number of carbonyl (C=O) groups is 10. The van der Waals surface area contributed by atoms with E-state index in [0.29, 0.717) is 77.1 Å². The average molecular weight is 1330 g/mol. The van der Waals surface area contributed by atoms with Crippen molar-refractivity contribution in [3.05, 3.63) is 136 Å². The van der Waals surface area contributed by atoms with Gasteiger partial charge < -0.3 is 68.6 Å². The fourth-order valence-electron chi connectivity index (χ4n) is 11.8. The van der Waals surface area contributed by atoms with E-state index in [-0.39, 0.29) is 75.0 Å². The molecule has 2 fully saturated rings. The molecule has 5 aromatic rings. The van der Waals surface area contributed by atoms with Gasteiger partial charge in [-0.1, -0.05) is 81.4 Å². The lowest BCUT2D eigenvalue weighted by molar-refractivity contribution is -0.143. The van der Waals surface area contributed by atoms with Gasteiger partial charge in [-0.05, 0) is 128 Å². The van der Waals surface area contributed by atoms with Gasteiger partial charge >= 0.3 is 0 Å². The maximum absolute atomic E-state index is 15.2. The van der Waals surface area contributed by atoms with E-state index in [9.17, 15) is 47.9 Å². The second-order valence-corrected chi connectivity index (χ2v) is 27.4. The molecule has 10 amide bonds. The largest absolute Gasteiger partial charge is 0.508 e. The van der Waals surface area contributed by atoms with Crippen molar-refractivity contribution in [2.45, 2.75) is 164 Å². The van der Waals surface area contributed by atoms with Crippen molar-refractivity contribution in [3.63, 3.8) is 0 Å². The molecule has 23 nitrogen and oxygen atoms in total. The summed E-state index contributed by atoms with van der Waals surface area (Å²) in [4.78, 5) is 148. The number of H-pyrrole nitrogens is 1. The molecule has 504 valence electrons. The number of aromatic nitrogens is 1. The first-order chi connectivity index (χ1) is 44.9. The number of halogens is 1. The number of hydrogen-bond acceptors (Lipinski definition) is 14. The quantitative estimate of drug-likeness (QED) is 0.0843. The van der Waals surface area contributed by atoms with Crippen molar-refractivity contribution in [3.8, 4) is 5.75 Å². The number of hydrogen-bond donors (Lipinski definition) is 11. The van der Waals surface area contributed by atoms with E-state index < -0.39 is 120 Å². The van der Waals surface area contributed by atoms with Crippen LogP contribution < -0.4 is 48.7 Å². The monoisotopic (exact) mass is 1330 g/mol. The van der Waals surface area contributed by atoms with Crippen LogP contribution in [0.4, 0.5) is 4.39 Å². The number of phenolic OH excluding ortho intramolecular Hbond substituents is 1. The zero-order chi connectivity index (χ0) is 67.6. The van der Waals surface area contributed by atoms with Gasteiger partial charge in [0.2, 0.25) is 59.1 Å². The molecule has 0 radical (unpaired) electrons. The first-order valence-corrected chi connectivity index (χ1v) is 34.3. The van der Waals surface area contributed by atoms with Crippen LogP contribution in [0.15, 0.2) is 97.2 Å². The Morgan fingerprint density at radius 2 is 1.24 bits per heavy atom. The van der Waals surface area contributed by atoms with E-state index in [1.807, 2.05) is 48.5 Å². The first-order valence-electron chi connectivity index (χ1n) is 32.0. The van der Waals surface area contributed by atoms with Crippen LogP contribution in [0.2, 0.25) is 0 Å². The SMILES string of the molecule is C[C@@H]1NC(=O)[C@@H]2CCCN2C(=O)[C@H](Cc2ccc(C(C)(C)C)cc2)NC(=O)[C@H](Cc2c[nH]c3ccc(F)cc23)NC(=O)CNC(=O)[C@H](CCCCN)NC(=O)CCSCc2cccc(c2)CSC[C@@H](C(N)=O)NC(=O)[C@@H]2CCCN2C(=O)[C@H](Cc2ccc(O)cc2)NC1=O. The summed E-state index contributed by atoms with van der Waals surface area (Å²) >= 11 is 2.88. The number of aromatic amines is 1. The summed E-state index contributed by atoms with van der Waals surface area (Å²) in [7, 11) is 0. The number of nitrogens with one attached hydrogen (secondary N) is 8. The molecule has 94 heavy (non-hydrogen) atoms. The summed E-state index contributed by atoms with van der Waals surface area (Å²) in [5.41, 5.74) is 16.5. The molecular weight excluding hydrogens is 1240 g/mol. The Bertz CT molecular complexity index is 3530. The number of fused-ring (bicyclic) bond motifs is 5. The van der Waals surface area contributed by atoms with Crippen LogP contribution in [-0.4, -0.2) is 165 Å². The highest BCUT2D eigenvalue weighted by Crippen LogP contribution is 2.27. The van der Waals surface area contributed by atoms with Gasteiger partial charge in [-0.25, -0.2) is 4.39 Å². The number of nitrogens with zero attached hydrogens (tertiary/aromatic N) is 2. The predicted molar refractivity (Wildman–Crippen MR) is 358 cm³/mol. The fourth-order valence-corrected chi connectivity index (χ4v) is 13.7. The number of phenols is 1. The van der Waals surface area contributed by atoms with Gasteiger partial charge in [-0.3, -0.25) is 47.9 Å². The van der Waals surface area contributed by atoms with Crippen LogP contribution in [0, 0.1) is 5.82 Å². The molecule has 4 heterocycles. The number of benzene rings is 4. The molecule has 3 aliphatic rings. The second kappa shape index (κ2) is 33.6. The standard InChI is InChI=1S/C68H87FN12O11S2/c1-40-61(86)77-53(32-42-17-22-48(82)23-18-42)66(91)81-28-9-14-57(81)65(90)79-55(60(71)85)39-94-38-44-11-7-10-43(30-44)37-93-29-25-58(83)75-51(12-5-6-26-70)62(87)73-36-59(84)76-52(33-45-35-72-50-24-21-47(69)34-49(45)50)63(88)78-54(31-41-15-19-46(20-16-41)68(2,3)4)67(92)80-27-8-13-56(80)64(89)74-40/h7,10-11,15-24,30,34-35,40,51-57,72,82H,5-6,8-9,12-14,25-29,31-33,36-39,70H2,1-4H3,(H2,71,85)(H,73,87)(H,74,89)(H,75,83)(H,76,84)(H,77,86)(H,78,88)(H,79,90)/t40-,51-,52-,53-,54-,55-,56-,57-/m0/s1. The minimum Gasteiger partial charge on any atom is -0.508 e. The zero-order valence-electron chi connectivity index (χ0n) is 53.6. The van der Waals surface area contributed by atoms with Crippen LogP contribution in [0.3, 0.4) is 0 Å². The summed E-state index contributed by atoms with van der Waals surface area (Å²) in [6.07, 6.45) is 3.77. The van der Waals surface area contributed by atoms with Gasteiger partial charge in [0.15, 0.2) is 0 Å². The van der Waals surface area contributed by atoms with Crippen molar-refractivity contribution < 1.29 is 57.4 Å². The first kappa shape index (κ1) is 71.4. The maximum Gasteiger partial charge on any atom is 0.246 e. The molecule has 1 aromatic heterocycles. The molecule has 4 aromatic carbocycles. The summed E-state index contributed by atoms with van der Waals surface area (Å²) in [6.45, 7) is 7.53. The highest BCUT2D eigenvalue weighted by atomic mass is 32.2. The van der Waals surface area contributed by atoms with Crippen LogP contribution in [-0.2, 0) is 84.1 Å². The van der Waals surface area contributed by atoms with Crippen LogP contribution in [0.5, 0.6) is 5.75 Å². The topological polar surface area (TPSA) is 349 Å². The normalized spacial score (nSPS) is 23.6. The predicted octanol–water partition coefficient (Wildman–Crippen LogP) is 3.55. The number of primary amides is 1. The second-order valence-electron chi connectivity index (χ2n) is 25.3. The number of unbranched alkanes of at least 4 members (excludes halogenated alkanes) is 1. The lowest BCUT2D eigenvalue weighted by Crippen LogP contribution is -2.60. The van der Waals surface area contributed by atoms with Gasteiger partial charge in [-0.2, -0.15) is 23.5 Å². The van der Waals surface area contributed by atoms with Crippen molar-refractivity contribution in [2.75, 3.05) is 37.7 Å². The van der Waals surface area contributed by atoms with E-state index in [1.165, 1.54) is 70.6 Å². The Hall–Kier alpha value is -8.49. The van der Waals surface area contributed by atoms with E-state index in [1.54, 1.807) is 18.3 Å². The Morgan fingerprint density at radius 1 is 0.649 bits per heavy atom. The highest BCUT2D eigenvalue weighted by molar-refractivity contribution is 7.98. The summed E-state index contributed by atoms with van der Waals surface area (Å²) in [5.74, 6) is -5.81. The molecule has 2 saturated heterocycles. The van der Waals surface area contributed by atoms with E-state index in [0.717, 1.165) is 16.7 Å². The van der Waals surface area contributed by atoms with Gasteiger partial charge in [0.25, 0.3) is 0 Å². The lowest BCUT2D eigenvalue weighted by atomic mass is 9.86. The molecule has 0 saturated carbocycles. The molecule has 0 spiro atoms. The molecule has 8 atom stereocenters. The molecule has 0 unspecified atom stereocenters. The molecule has 0 aliphatic carbocycles. The molecule has 26 heteroatoms. The van der Waals surface area contributed by atoms with E-state index in [2.05, 4.69) is 63.0 Å². The van der Waals surface area contributed by atoms with Gasteiger partial charge in [0, 0.05) is 78.9 Å². The molecular formula is C68H87FN12O11S2. The molecule has 3 aliphatic heterocycles. The number of nitrogens with two attached hydrogens (primary N) is 2. The third-order valence-electron chi connectivity index (χ3n) is 17.1. The Balaban J connectivity index is 1.09. The Morgan fingerprint density at radius 3 is 1.86 bits per heavy atom.